The maximum absolute atomic E-state index is 13.1. The molecule has 0 amide bonds. The van der Waals surface area contributed by atoms with E-state index in [2.05, 4.69) is 47.6 Å². The zero-order chi connectivity index (χ0) is 23.6. The summed E-state index contributed by atoms with van der Waals surface area (Å²) in [5.41, 5.74) is 2.23. The number of pyridine rings is 1. The van der Waals surface area contributed by atoms with Crippen LogP contribution in [0.2, 0.25) is 0 Å². The molecule has 1 aliphatic rings. The van der Waals surface area contributed by atoms with E-state index in [-0.39, 0.29) is 19.5 Å². The van der Waals surface area contributed by atoms with Crippen molar-refractivity contribution >= 4 is 33.5 Å². The molecule has 1 unspecified atom stereocenters. The Hall–Kier alpha value is -2.40. The summed E-state index contributed by atoms with van der Waals surface area (Å²) >= 11 is 3.27. The second kappa shape index (κ2) is 12.7. The van der Waals surface area contributed by atoms with E-state index in [1.807, 2.05) is 6.07 Å². The number of nitrogens with zero attached hydrogens (tertiary/aromatic N) is 4. The Morgan fingerprint density at radius 3 is 2.91 bits per heavy atom. The van der Waals surface area contributed by atoms with Crippen molar-refractivity contribution in [2.24, 2.45) is 0 Å². The Morgan fingerprint density at radius 2 is 2.15 bits per heavy atom. The molecule has 3 N–H and O–H groups in total. The highest BCUT2D eigenvalue weighted by atomic mass is 79.9. The summed E-state index contributed by atoms with van der Waals surface area (Å²) in [6, 6.07) is 3.20. The van der Waals surface area contributed by atoms with Gasteiger partial charge in [-0.3, -0.25) is 4.90 Å². The van der Waals surface area contributed by atoms with Crippen molar-refractivity contribution in [1.29, 1.82) is 0 Å². The molecule has 0 fully saturated rings. The number of aromatic nitrogens is 3. The van der Waals surface area contributed by atoms with Crippen molar-refractivity contribution in [1.82, 2.24) is 19.9 Å². The maximum Gasteiger partial charge on any atom is 0.326 e. The molecule has 11 heteroatoms. The maximum atomic E-state index is 13.1. The molecule has 2 aromatic rings. The van der Waals surface area contributed by atoms with E-state index in [0.717, 1.165) is 50.2 Å². The van der Waals surface area contributed by atoms with Crippen LogP contribution in [0.1, 0.15) is 36.9 Å². The molecular weight excluding hydrogens is 498 g/mol. The molecule has 2 aromatic heterocycles. The Kier molecular flexibility index (Phi) is 9.74. The first-order chi connectivity index (χ1) is 15.9. The summed E-state index contributed by atoms with van der Waals surface area (Å²) in [5, 5.41) is 15.7. The monoisotopic (exact) mass is 526 g/mol. The van der Waals surface area contributed by atoms with Gasteiger partial charge in [-0.2, -0.15) is 0 Å². The normalized spacial score (nSPS) is 14.1. The number of hydrogen-bond donors (Lipinski definition) is 3. The quantitative estimate of drug-likeness (QED) is 0.338. The van der Waals surface area contributed by atoms with Crippen molar-refractivity contribution in [3.8, 4) is 0 Å². The first-order valence-electron chi connectivity index (χ1n) is 11.1. The molecular formula is C22H29BrF2N6O2. The molecule has 0 bridgehead atoms. The number of rotatable bonds is 13. The lowest BCUT2D eigenvalue weighted by atomic mass is 10.1. The zero-order valence-corrected chi connectivity index (χ0v) is 19.9. The molecule has 8 nitrogen and oxygen atoms in total. The number of unbranched alkanes of at least 4 members (excludes halogenated alkanes) is 1. The highest BCUT2D eigenvalue weighted by molar-refractivity contribution is 9.10. The van der Waals surface area contributed by atoms with E-state index >= 15 is 0 Å². The number of carboxylic acids is 1. The molecule has 0 radical (unpaired) electrons. The van der Waals surface area contributed by atoms with Gasteiger partial charge in [0.05, 0.1) is 11.0 Å². The Morgan fingerprint density at radius 1 is 1.30 bits per heavy atom. The van der Waals surface area contributed by atoms with Crippen molar-refractivity contribution in [2.45, 2.75) is 51.0 Å². The molecule has 0 aliphatic carbocycles. The molecule has 1 aliphatic heterocycles. The number of alkyl halides is 2. The number of carboxylic acid groups (broad SMARTS) is 1. The molecule has 1 atom stereocenters. The van der Waals surface area contributed by atoms with Crippen molar-refractivity contribution in [3.05, 3.63) is 40.4 Å². The van der Waals surface area contributed by atoms with Gasteiger partial charge in [0.15, 0.2) is 0 Å². The number of aryl methyl sites for hydroxylation is 2. The van der Waals surface area contributed by atoms with E-state index in [1.54, 1.807) is 4.90 Å². The summed E-state index contributed by atoms with van der Waals surface area (Å²) in [4.78, 5) is 25.8. The summed E-state index contributed by atoms with van der Waals surface area (Å²) < 4.78 is 26.7. The highest BCUT2D eigenvalue weighted by Crippen LogP contribution is 2.21. The average Bonchev–Trinajstić information content (AvgIpc) is 2.79. The van der Waals surface area contributed by atoms with E-state index in [9.17, 15) is 18.7 Å². The van der Waals surface area contributed by atoms with Crippen LogP contribution in [-0.2, 0) is 17.6 Å². The standard InChI is InChI=1S/C22H29BrF2N6O2/c23-17-12-26-14-28-21(17)30-18(22(32)33)8-11-31(13-19(24)25)10-2-1-5-16-7-6-15-4-3-9-27-20(15)29-16/h6-7,12,14,18-19H,1-5,8-11,13H2,(H,27,29)(H,32,33)(H,26,28,30). The first-order valence-corrected chi connectivity index (χ1v) is 11.9. The minimum atomic E-state index is -2.48. The van der Waals surface area contributed by atoms with Crippen molar-refractivity contribution < 1.29 is 18.7 Å². The van der Waals surface area contributed by atoms with Crippen LogP contribution in [0, 0.1) is 0 Å². The number of anilines is 2. The predicted molar refractivity (Wildman–Crippen MR) is 126 cm³/mol. The van der Waals surface area contributed by atoms with Crippen LogP contribution in [0.15, 0.2) is 29.1 Å². The van der Waals surface area contributed by atoms with Crippen LogP contribution in [0.4, 0.5) is 20.4 Å². The largest absolute Gasteiger partial charge is 0.480 e. The Labute approximate surface area is 200 Å². The number of fused-ring (bicyclic) bond motifs is 1. The van der Waals surface area contributed by atoms with Gasteiger partial charge in [0.1, 0.15) is 24.0 Å². The fourth-order valence-corrected chi connectivity index (χ4v) is 4.13. The summed E-state index contributed by atoms with van der Waals surface area (Å²) in [6.07, 6.45) is 4.97. The summed E-state index contributed by atoms with van der Waals surface area (Å²) in [6.45, 7) is 1.26. The number of carbonyl (C=O) groups is 1. The minimum Gasteiger partial charge on any atom is -0.480 e. The van der Waals surface area contributed by atoms with Gasteiger partial charge in [0.2, 0.25) is 0 Å². The highest BCUT2D eigenvalue weighted by Gasteiger charge is 2.21. The van der Waals surface area contributed by atoms with Gasteiger partial charge < -0.3 is 15.7 Å². The summed E-state index contributed by atoms with van der Waals surface area (Å²) in [7, 11) is 0. The lowest BCUT2D eigenvalue weighted by Crippen LogP contribution is -2.37. The summed E-state index contributed by atoms with van der Waals surface area (Å²) in [5.74, 6) is 0.245. The lowest BCUT2D eigenvalue weighted by molar-refractivity contribution is -0.138. The van der Waals surface area contributed by atoms with E-state index < -0.39 is 18.4 Å². The van der Waals surface area contributed by atoms with E-state index in [1.165, 1.54) is 18.1 Å². The molecule has 0 saturated heterocycles. The molecule has 0 aromatic carbocycles. The van der Waals surface area contributed by atoms with Crippen LogP contribution in [-0.4, -0.2) is 69.6 Å². The smallest absolute Gasteiger partial charge is 0.326 e. The number of halogens is 3. The third-order valence-corrected chi connectivity index (χ3v) is 6.10. The molecule has 0 spiro atoms. The van der Waals surface area contributed by atoms with Crippen LogP contribution >= 0.6 is 15.9 Å². The van der Waals surface area contributed by atoms with Crippen LogP contribution < -0.4 is 10.6 Å². The number of aliphatic carboxylic acids is 1. The second-order valence-corrected chi connectivity index (χ2v) is 8.89. The van der Waals surface area contributed by atoms with Gasteiger partial charge in [-0.1, -0.05) is 6.07 Å². The van der Waals surface area contributed by atoms with Gasteiger partial charge in [0.25, 0.3) is 6.43 Å². The zero-order valence-electron chi connectivity index (χ0n) is 18.3. The Balaban J connectivity index is 1.48. The number of hydrogen-bond acceptors (Lipinski definition) is 7. The SMILES string of the molecule is O=C(O)C(CCN(CCCCc1ccc2c(n1)NCCC2)CC(F)F)Nc1ncncc1Br. The predicted octanol–water partition coefficient (Wildman–Crippen LogP) is 3.84. The number of nitrogens with one attached hydrogen (secondary N) is 2. The van der Waals surface area contributed by atoms with E-state index in [0.29, 0.717) is 16.8 Å². The third-order valence-electron chi connectivity index (χ3n) is 5.52. The van der Waals surface area contributed by atoms with Crippen molar-refractivity contribution in [3.63, 3.8) is 0 Å². The van der Waals surface area contributed by atoms with Crippen molar-refractivity contribution in [2.75, 3.05) is 36.8 Å². The third kappa shape index (κ3) is 8.15. The second-order valence-electron chi connectivity index (χ2n) is 8.03. The van der Waals surface area contributed by atoms with Gasteiger partial charge in [0, 0.05) is 25.0 Å². The van der Waals surface area contributed by atoms with Crippen LogP contribution in [0.5, 0.6) is 0 Å². The molecule has 3 rings (SSSR count). The fourth-order valence-electron chi connectivity index (χ4n) is 3.79. The molecule has 33 heavy (non-hydrogen) atoms. The van der Waals surface area contributed by atoms with E-state index in [4.69, 9.17) is 0 Å². The topological polar surface area (TPSA) is 103 Å². The van der Waals surface area contributed by atoms with Crippen LogP contribution in [0.25, 0.3) is 0 Å². The van der Waals surface area contributed by atoms with Gasteiger partial charge in [-0.05, 0) is 72.6 Å². The van der Waals surface area contributed by atoms with Gasteiger partial charge in [-0.25, -0.2) is 28.5 Å². The first kappa shape index (κ1) is 25.2. The minimum absolute atomic E-state index is 0.163. The Bertz CT molecular complexity index is 920. The molecule has 180 valence electrons. The van der Waals surface area contributed by atoms with Gasteiger partial charge >= 0.3 is 5.97 Å². The molecule has 0 saturated carbocycles. The lowest BCUT2D eigenvalue weighted by Gasteiger charge is -2.24. The average molecular weight is 527 g/mol. The van der Waals surface area contributed by atoms with Gasteiger partial charge in [-0.15, -0.1) is 0 Å². The molecule has 3 heterocycles. The van der Waals surface area contributed by atoms with Crippen LogP contribution in [0.3, 0.4) is 0 Å². The fraction of sp³-hybridized carbons (Fsp3) is 0.545.